The van der Waals surface area contributed by atoms with Crippen molar-refractivity contribution in [3.05, 3.63) is 41.8 Å². The molecule has 0 aliphatic carbocycles. The van der Waals surface area contributed by atoms with Gasteiger partial charge in [0.05, 0.1) is 5.52 Å². The lowest BCUT2D eigenvalue weighted by Crippen LogP contribution is -2.10. The van der Waals surface area contributed by atoms with Crippen LogP contribution in [0.15, 0.2) is 36.5 Å². The molecule has 96 valence electrons. The molecular formula is C13H12ClN5. The Morgan fingerprint density at radius 2 is 1.95 bits per heavy atom. The lowest BCUT2D eigenvalue weighted by Gasteiger charge is -2.07. The van der Waals surface area contributed by atoms with Crippen molar-refractivity contribution in [1.29, 1.82) is 0 Å². The lowest BCUT2D eigenvalue weighted by molar-refractivity contribution is 0.853. The molecule has 19 heavy (non-hydrogen) atoms. The Labute approximate surface area is 115 Å². The first-order valence-corrected chi connectivity index (χ1v) is 6.18. The van der Waals surface area contributed by atoms with Crippen molar-refractivity contribution in [2.24, 2.45) is 0 Å². The summed E-state index contributed by atoms with van der Waals surface area (Å²) in [5, 5.41) is 5.88. The Morgan fingerprint density at radius 3 is 2.68 bits per heavy atom. The van der Waals surface area contributed by atoms with E-state index in [0.29, 0.717) is 5.82 Å². The van der Waals surface area contributed by atoms with Crippen LogP contribution in [0, 0.1) is 0 Å². The van der Waals surface area contributed by atoms with Gasteiger partial charge in [0.1, 0.15) is 0 Å². The second-order valence-corrected chi connectivity index (χ2v) is 4.67. The SMILES string of the molecule is CN(C)c1nn(-c2ccnc(Cl)n2)c2ccccc12. The molecule has 0 spiro atoms. The van der Waals surface area contributed by atoms with E-state index >= 15 is 0 Å². The minimum Gasteiger partial charge on any atom is -0.361 e. The molecule has 1 aromatic carbocycles. The molecule has 2 heterocycles. The third-order valence-electron chi connectivity index (χ3n) is 2.82. The zero-order valence-electron chi connectivity index (χ0n) is 10.6. The minimum atomic E-state index is 0.212. The van der Waals surface area contributed by atoms with E-state index in [2.05, 4.69) is 15.1 Å². The number of hydrogen-bond acceptors (Lipinski definition) is 4. The molecule has 0 fully saturated rings. The van der Waals surface area contributed by atoms with Crippen molar-refractivity contribution >= 4 is 28.3 Å². The van der Waals surface area contributed by atoms with Gasteiger partial charge in [0.2, 0.25) is 5.28 Å². The molecule has 0 saturated carbocycles. The maximum absolute atomic E-state index is 5.84. The number of fused-ring (bicyclic) bond motifs is 1. The van der Waals surface area contributed by atoms with Gasteiger partial charge in [0.25, 0.3) is 0 Å². The summed E-state index contributed by atoms with van der Waals surface area (Å²) in [6.07, 6.45) is 1.62. The van der Waals surface area contributed by atoms with Crippen molar-refractivity contribution in [2.45, 2.75) is 0 Å². The van der Waals surface area contributed by atoms with E-state index in [-0.39, 0.29) is 5.28 Å². The van der Waals surface area contributed by atoms with Crippen LogP contribution in [0.4, 0.5) is 5.82 Å². The molecule has 3 rings (SSSR count). The number of para-hydroxylation sites is 1. The van der Waals surface area contributed by atoms with Gasteiger partial charge in [-0.25, -0.2) is 9.67 Å². The maximum atomic E-state index is 5.84. The van der Waals surface area contributed by atoms with Gasteiger partial charge in [0, 0.05) is 31.7 Å². The topological polar surface area (TPSA) is 46.8 Å². The third kappa shape index (κ3) is 2.02. The Balaban J connectivity index is 2.30. The average Bonchev–Trinajstić information content (AvgIpc) is 2.78. The van der Waals surface area contributed by atoms with Crippen LogP contribution < -0.4 is 4.90 Å². The van der Waals surface area contributed by atoms with Crippen LogP contribution in [-0.4, -0.2) is 33.8 Å². The normalized spacial score (nSPS) is 10.9. The summed E-state index contributed by atoms with van der Waals surface area (Å²) in [6.45, 7) is 0. The van der Waals surface area contributed by atoms with Crippen molar-refractivity contribution in [3.8, 4) is 5.82 Å². The molecule has 3 aromatic rings. The van der Waals surface area contributed by atoms with Gasteiger partial charge in [-0.15, -0.1) is 5.10 Å². The summed E-state index contributed by atoms with van der Waals surface area (Å²) in [5.74, 6) is 1.55. The quantitative estimate of drug-likeness (QED) is 0.673. The summed E-state index contributed by atoms with van der Waals surface area (Å²) in [5.41, 5.74) is 0.987. The Bertz CT molecular complexity index is 735. The first-order chi connectivity index (χ1) is 9.16. The fourth-order valence-corrected chi connectivity index (χ4v) is 2.14. The van der Waals surface area contributed by atoms with E-state index in [0.717, 1.165) is 16.7 Å². The van der Waals surface area contributed by atoms with Gasteiger partial charge in [-0.1, -0.05) is 12.1 Å². The van der Waals surface area contributed by atoms with E-state index in [9.17, 15) is 0 Å². The number of benzene rings is 1. The van der Waals surface area contributed by atoms with Crippen molar-refractivity contribution in [2.75, 3.05) is 19.0 Å². The standard InChI is InChI=1S/C13H12ClN5/c1-18(2)12-9-5-3-4-6-10(9)19(17-12)11-7-8-15-13(14)16-11/h3-8H,1-2H3. The smallest absolute Gasteiger partial charge is 0.224 e. The van der Waals surface area contributed by atoms with Crippen LogP contribution in [-0.2, 0) is 0 Å². The molecule has 5 nitrogen and oxygen atoms in total. The number of halogens is 1. The highest BCUT2D eigenvalue weighted by molar-refractivity contribution is 6.28. The molecule has 0 N–H and O–H groups in total. The van der Waals surface area contributed by atoms with Crippen LogP contribution >= 0.6 is 11.6 Å². The molecule has 0 amide bonds. The van der Waals surface area contributed by atoms with Crippen LogP contribution in [0.25, 0.3) is 16.7 Å². The first kappa shape index (κ1) is 11.9. The highest BCUT2D eigenvalue weighted by Gasteiger charge is 2.13. The van der Waals surface area contributed by atoms with Crippen molar-refractivity contribution in [3.63, 3.8) is 0 Å². The average molecular weight is 274 g/mol. The fourth-order valence-electron chi connectivity index (χ4n) is 2.00. The van der Waals surface area contributed by atoms with E-state index in [1.54, 1.807) is 16.9 Å². The highest BCUT2D eigenvalue weighted by atomic mass is 35.5. The molecule has 2 aromatic heterocycles. The van der Waals surface area contributed by atoms with E-state index in [4.69, 9.17) is 11.6 Å². The third-order valence-corrected chi connectivity index (χ3v) is 3.00. The summed E-state index contributed by atoms with van der Waals surface area (Å²) in [4.78, 5) is 10.1. The Morgan fingerprint density at radius 1 is 1.16 bits per heavy atom. The molecule has 0 atom stereocenters. The number of aromatic nitrogens is 4. The second kappa shape index (κ2) is 4.51. The molecular weight excluding hydrogens is 262 g/mol. The Kier molecular flexibility index (Phi) is 2.83. The molecule has 0 radical (unpaired) electrons. The monoisotopic (exact) mass is 273 g/mol. The molecule has 0 aliphatic heterocycles. The van der Waals surface area contributed by atoms with Gasteiger partial charge < -0.3 is 4.90 Å². The molecule has 0 saturated heterocycles. The van der Waals surface area contributed by atoms with Crippen molar-refractivity contribution < 1.29 is 0 Å². The maximum Gasteiger partial charge on any atom is 0.224 e. The van der Waals surface area contributed by atoms with E-state index in [1.807, 2.05) is 43.3 Å². The first-order valence-electron chi connectivity index (χ1n) is 5.81. The van der Waals surface area contributed by atoms with Crippen LogP contribution in [0.3, 0.4) is 0 Å². The van der Waals surface area contributed by atoms with Gasteiger partial charge in [-0.3, -0.25) is 0 Å². The summed E-state index contributed by atoms with van der Waals surface area (Å²) in [6, 6.07) is 9.80. The van der Waals surface area contributed by atoms with Gasteiger partial charge >= 0.3 is 0 Å². The highest BCUT2D eigenvalue weighted by Crippen LogP contribution is 2.26. The van der Waals surface area contributed by atoms with Gasteiger partial charge in [-0.05, 0) is 23.7 Å². The predicted octanol–water partition coefficient (Wildman–Crippen LogP) is 2.53. The van der Waals surface area contributed by atoms with Crippen LogP contribution in [0.2, 0.25) is 5.28 Å². The zero-order valence-corrected chi connectivity index (χ0v) is 11.3. The largest absolute Gasteiger partial charge is 0.361 e. The van der Waals surface area contributed by atoms with Crippen LogP contribution in [0.5, 0.6) is 0 Å². The van der Waals surface area contributed by atoms with E-state index in [1.165, 1.54) is 0 Å². The lowest BCUT2D eigenvalue weighted by atomic mass is 10.2. The van der Waals surface area contributed by atoms with Gasteiger partial charge in [0.15, 0.2) is 11.6 Å². The van der Waals surface area contributed by atoms with E-state index < -0.39 is 0 Å². The fraction of sp³-hybridized carbons (Fsp3) is 0.154. The molecule has 0 unspecified atom stereocenters. The second-order valence-electron chi connectivity index (χ2n) is 4.33. The van der Waals surface area contributed by atoms with Crippen LogP contribution in [0.1, 0.15) is 0 Å². The molecule has 0 bridgehead atoms. The Hall–Kier alpha value is -2.14. The zero-order chi connectivity index (χ0) is 13.4. The summed E-state index contributed by atoms with van der Waals surface area (Å²) in [7, 11) is 3.93. The summed E-state index contributed by atoms with van der Waals surface area (Å²) < 4.78 is 1.78. The number of hydrogen-bond donors (Lipinski definition) is 0. The number of anilines is 1. The number of rotatable bonds is 2. The van der Waals surface area contributed by atoms with Crippen molar-refractivity contribution in [1.82, 2.24) is 19.7 Å². The molecule has 0 aliphatic rings. The van der Waals surface area contributed by atoms with Gasteiger partial charge in [-0.2, -0.15) is 4.98 Å². The predicted molar refractivity (Wildman–Crippen MR) is 76.0 cm³/mol. The molecule has 6 heteroatoms. The summed E-state index contributed by atoms with van der Waals surface area (Å²) >= 11 is 5.84. The minimum absolute atomic E-state index is 0.212. The number of nitrogens with zero attached hydrogens (tertiary/aromatic N) is 5.